The summed E-state index contributed by atoms with van der Waals surface area (Å²) in [6, 6.07) is 13.6. The minimum absolute atomic E-state index is 0.360. The third-order valence-electron chi connectivity index (χ3n) is 4.92. The molecule has 32 heavy (non-hydrogen) atoms. The molecule has 2 N–H and O–H groups in total. The van der Waals surface area contributed by atoms with E-state index in [4.69, 9.17) is 4.74 Å². The molecule has 164 valence electrons. The summed E-state index contributed by atoms with van der Waals surface area (Å²) < 4.78 is 4.72. The number of rotatable bonds is 5. The highest BCUT2D eigenvalue weighted by Gasteiger charge is 2.18. The van der Waals surface area contributed by atoms with Gasteiger partial charge in [-0.25, -0.2) is 14.6 Å². The van der Waals surface area contributed by atoms with Crippen LogP contribution in [0.3, 0.4) is 0 Å². The van der Waals surface area contributed by atoms with Gasteiger partial charge in [0.2, 0.25) is 0 Å². The van der Waals surface area contributed by atoms with Gasteiger partial charge in [-0.15, -0.1) is 0 Å². The van der Waals surface area contributed by atoms with Gasteiger partial charge in [-0.1, -0.05) is 18.2 Å². The summed E-state index contributed by atoms with van der Waals surface area (Å²) >= 11 is 1.94. The zero-order valence-electron chi connectivity index (χ0n) is 17.6. The predicted molar refractivity (Wildman–Crippen MR) is 127 cm³/mol. The molecule has 1 aromatic heterocycles. The average Bonchev–Trinajstić information content (AvgIpc) is 2.84. The highest BCUT2D eigenvalue weighted by molar-refractivity contribution is 7.99. The van der Waals surface area contributed by atoms with Gasteiger partial charge >= 0.3 is 12.0 Å². The molecule has 1 fully saturated rings. The number of thioether (sulfide) groups is 1. The highest BCUT2D eigenvalue weighted by atomic mass is 32.2. The predicted octanol–water partition coefficient (Wildman–Crippen LogP) is 4.13. The van der Waals surface area contributed by atoms with Crippen molar-refractivity contribution in [2.45, 2.75) is 0 Å². The van der Waals surface area contributed by atoms with Crippen LogP contribution in [0.25, 0.3) is 11.3 Å². The van der Waals surface area contributed by atoms with Gasteiger partial charge in [0, 0.05) is 53.9 Å². The van der Waals surface area contributed by atoms with Crippen molar-refractivity contribution in [2.24, 2.45) is 0 Å². The SMILES string of the molecule is COC(=O)c1cccc(NC(=O)Nc2cccc(-c3nccnc3N3CCSCC3)c2)c1. The minimum Gasteiger partial charge on any atom is -0.465 e. The van der Waals surface area contributed by atoms with Gasteiger partial charge in [-0.05, 0) is 30.3 Å². The monoisotopic (exact) mass is 449 g/mol. The van der Waals surface area contributed by atoms with E-state index < -0.39 is 12.0 Å². The van der Waals surface area contributed by atoms with Crippen LogP contribution in [0.4, 0.5) is 22.0 Å². The molecule has 9 heteroatoms. The Morgan fingerprint density at radius 2 is 1.66 bits per heavy atom. The normalized spacial score (nSPS) is 13.3. The van der Waals surface area contributed by atoms with Crippen molar-refractivity contribution in [3.8, 4) is 11.3 Å². The van der Waals surface area contributed by atoms with Gasteiger partial charge < -0.3 is 20.3 Å². The second kappa shape index (κ2) is 10.1. The fourth-order valence-corrected chi connectivity index (χ4v) is 4.32. The lowest BCUT2D eigenvalue weighted by molar-refractivity contribution is 0.0600. The molecule has 3 aromatic rings. The van der Waals surface area contributed by atoms with E-state index in [2.05, 4.69) is 25.5 Å². The van der Waals surface area contributed by atoms with Crippen LogP contribution < -0.4 is 15.5 Å². The van der Waals surface area contributed by atoms with Crippen molar-refractivity contribution >= 4 is 41.0 Å². The van der Waals surface area contributed by atoms with Gasteiger partial charge in [-0.3, -0.25) is 4.98 Å². The van der Waals surface area contributed by atoms with Gasteiger partial charge in [0.05, 0.1) is 12.7 Å². The number of aromatic nitrogens is 2. The van der Waals surface area contributed by atoms with Gasteiger partial charge in [0.25, 0.3) is 0 Å². The maximum Gasteiger partial charge on any atom is 0.337 e. The molecule has 0 spiro atoms. The van der Waals surface area contributed by atoms with E-state index in [1.807, 2.05) is 36.0 Å². The zero-order chi connectivity index (χ0) is 22.3. The lowest BCUT2D eigenvalue weighted by atomic mass is 10.1. The number of amides is 2. The van der Waals surface area contributed by atoms with Crippen LogP contribution in [0.5, 0.6) is 0 Å². The Labute approximate surface area is 190 Å². The fourth-order valence-electron chi connectivity index (χ4n) is 3.42. The molecule has 4 rings (SSSR count). The molecule has 1 aliphatic rings. The zero-order valence-corrected chi connectivity index (χ0v) is 18.4. The lowest BCUT2D eigenvalue weighted by Crippen LogP contribution is -2.33. The first-order chi connectivity index (χ1) is 15.6. The molecule has 2 aromatic carbocycles. The first kappa shape index (κ1) is 21.6. The number of urea groups is 1. The van der Waals surface area contributed by atoms with E-state index in [0.717, 1.165) is 41.7 Å². The molecular formula is C23H23N5O3S. The van der Waals surface area contributed by atoms with Crippen LogP contribution in [0.15, 0.2) is 60.9 Å². The Morgan fingerprint density at radius 1 is 0.969 bits per heavy atom. The molecule has 0 atom stereocenters. The summed E-state index contributed by atoms with van der Waals surface area (Å²) in [5.41, 5.74) is 3.13. The maximum atomic E-state index is 12.5. The standard InChI is InChI=1S/C23H23N5O3S/c1-31-22(29)17-5-3-7-19(15-17)27-23(30)26-18-6-2-4-16(14-18)20-21(25-9-8-24-20)28-10-12-32-13-11-28/h2-9,14-15H,10-13H2,1H3,(H2,26,27,30). The molecular weight excluding hydrogens is 426 g/mol. The van der Waals surface area contributed by atoms with Gasteiger partial charge in [0.1, 0.15) is 5.69 Å². The first-order valence-corrected chi connectivity index (χ1v) is 11.3. The largest absolute Gasteiger partial charge is 0.465 e. The number of esters is 1. The average molecular weight is 450 g/mol. The molecule has 0 unspecified atom stereocenters. The molecule has 0 radical (unpaired) electrons. The molecule has 2 amide bonds. The van der Waals surface area contributed by atoms with E-state index >= 15 is 0 Å². The summed E-state index contributed by atoms with van der Waals surface area (Å²) in [5, 5.41) is 5.57. The van der Waals surface area contributed by atoms with Crippen molar-refractivity contribution < 1.29 is 14.3 Å². The molecule has 1 aliphatic heterocycles. The van der Waals surface area contributed by atoms with Crippen molar-refractivity contribution in [1.29, 1.82) is 0 Å². The second-order valence-corrected chi connectivity index (χ2v) is 8.29. The van der Waals surface area contributed by atoms with Crippen LogP contribution >= 0.6 is 11.8 Å². The number of nitrogens with one attached hydrogen (secondary N) is 2. The van der Waals surface area contributed by atoms with E-state index in [-0.39, 0.29) is 0 Å². The van der Waals surface area contributed by atoms with Crippen LogP contribution in [-0.2, 0) is 4.74 Å². The van der Waals surface area contributed by atoms with Gasteiger partial charge in [-0.2, -0.15) is 11.8 Å². The number of anilines is 3. The molecule has 2 heterocycles. The molecule has 0 saturated carbocycles. The smallest absolute Gasteiger partial charge is 0.337 e. The number of carbonyl (C=O) groups excluding carboxylic acids is 2. The summed E-state index contributed by atoms with van der Waals surface area (Å²) in [4.78, 5) is 35.6. The number of methoxy groups -OCH3 is 1. The Balaban J connectivity index is 1.50. The summed E-state index contributed by atoms with van der Waals surface area (Å²) in [7, 11) is 1.31. The van der Waals surface area contributed by atoms with Crippen LogP contribution in [0.2, 0.25) is 0 Å². The van der Waals surface area contributed by atoms with Crippen LogP contribution in [0.1, 0.15) is 10.4 Å². The molecule has 8 nitrogen and oxygen atoms in total. The van der Waals surface area contributed by atoms with E-state index in [9.17, 15) is 9.59 Å². The van der Waals surface area contributed by atoms with E-state index in [1.54, 1.807) is 36.7 Å². The Kier molecular flexibility index (Phi) is 6.86. The third kappa shape index (κ3) is 5.17. The Morgan fingerprint density at radius 3 is 2.41 bits per heavy atom. The fraction of sp³-hybridized carbons (Fsp3) is 0.217. The van der Waals surface area contributed by atoms with E-state index in [0.29, 0.717) is 16.9 Å². The molecule has 1 saturated heterocycles. The lowest BCUT2D eigenvalue weighted by Gasteiger charge is -2.28. The van der Waals surface area contributed by atoms with Gasteiger partial charge in [0.15, 0.2) is 5.82 Å². The van der Waals surface area contributed by atoms with Crippen molar-refractivity contribution in [1.82, 2.24) is 9.97 Å². The number of benzene rings is 2. The number of nitrogens with zero attached hydrogens (tertiary/aromatic N) is 3. The van der Waals surface area contributed by atoms with Crippen LogP contribution in [-0.4, -0.2) is 53.7 Å². The number of hydrogen-bond acceptors (Lipinski definition) is 7. The molecule has 0 aliphatic carbocycles. The Bertz CT molecular complexity index is 1120. The highest BCUT2D eigenvalue weighted by Crippen LogP contribution is 2.30. The maximum absolute atomic E-state index is 12.5. The minimum atomic E-state index is -0.464. The number of hydrogen-bond donors (Lipinski definition) is 2. The van der Waals surface area contributed by atoms with Crippen LogP contribution in [0, 0.1) is 0 Å². The summed E-state index contributed by atoms with van der Waals surface area (Å²) in [6.07, 6.45) is 3.39. The van der Waals surface area contributed by atoms with Crippen molar-refractivity contribution in [3.05, 3.63) is 66.5 Å². The van der Waals surface area contributed by atoms with Crippen molar-refractivity contribution in [2.75, 3.05) is 47.2 Å². The topological polar surface area (TPSA) is 96.4 Å². The quantitative estimate of drug-likeness (QED) is 0.566. The first-order valence-electron chi connectivity index (χ1n) is 10.1. The molecule has 0 bridgehead atoms. The number of ether oxygens (including phenoxy) is 1. The van der Waals surface area contributed by atoms with Crippen molar-refractivity contribution in [3.63, 3.8) is 0 Å². The number of carbonyl (C=O) groups is 2. The second-order valence-electron chi connectivity index (χ2n) is 7.06. The van der Waals surface area contributed by atoms with E-state index in [1.165, 1.54) is 7.11 Å². The summed E-state index contributed by atoms with van der Waals surface area (Å²) in [5.74, 6) is 2.52. The Hall–Kier alpha value is -3.59. The third-order valence-corrected chi connectivity index (χ3v) is 5.87. The summed E-state index contributed by atoms with van der Waals surface area (Å²) in [6.45, 7) is 1.86.